The second-order valence-corrected chi connectivity index (χ2v) is 7.99. The Morgan fingerprint density at radius 1 is 0.964 bits per heavy atom. The van der Waals surface area contributed by atoms with Gasteiger partial charge in [0.05, 0.1) is 0 Å². The zero-order valence-corrected chi connectivity index (χ0v) is 16.8. The van der Waals surface area contributed by atoms with Crippen molar-refractivity contribution in [3.63, 3.8) is 0 Å². The molecule has 0 saturated carbocycles. The fraction of sp³-hybridized carbons (Fsp3) is 0.500. The second kappa shape index (κ2) is 8.27. The molecule has 2 aromatic rings. The molecule has 0 aliphatic carbocycles. The zero-order valence-electron chi connectivity index (χ0n) is 16.8. The molecule has 0 spiro atoms. The molecular formula is C22H29N5O. The molecule has 2 fully saturated rings. The van der Waals surface area contributed by atoms with Gasteiger partial charge in [0.15, 0.2) is 5.82 Å². The minimum absolute atomic E-state index is 0.151. The van der Waals surface area contributed by atoms with Crippen molar-refractivity contribution in [2.24, 2.45) is 5.92 Å². The van der Waals surface area contributed by atoms with Crippen molar-refractivity contribution in [2.75, 3.05) is 51.2 Å². The molecule has 1 aromatic heterocycles. The third kappa shape index (κ3) is 4.17. The van der Waals surface area contributed by atoms with Gasteiger partial charge in [-0.05, 0) is 32.9 Å². The SMILES string of the molecule is Cc1ccc(-c2nccc(N3CCC(C(=O)N4CCN(C)CC4)CC3)n2)cc1. The summed E-state index contributed by atoms with van der Waals surface area (Å²) in [5.41, 5.74) is 2.26. The summed E-state index contributed by atoms with van der Waals surface area (Å²) in [4.78, 5) is 28.7. The van der Waals surface area contributed by atoms with Gasteiger partial charge in [-0.15, -0.1) is 0 Å². The summed E-state index contributed by atoms with van der Waals surface area (Å²) >= 11 is 0. The van der Waals surface area contributed by atoms with Crippen molar-refractivity contribution >= 4 is 11.7 Å². The Balaban J connectivity index is 1.38. The van der Waals surface area contributed by atoms with E-state index in [9.17, 15) is 4.79 Å². The minimum Gasteiger partial charge on any atom is -0.356 e. The first kappa shape index (κ1) is 18.9. The van der Waals surface area contributed by atoms with E-state index in [0.717, 1.165) is 69.3 Å². The number of likely N-dealkylation sites (N-methyl/N-ethyl adjacent to an activating group) is 1. The third-order valence-electron chi connectivity index (χ3n) is 5.93. The van der Waals surface area contributed by atoms with Gasteiger partial charge in [0.2, 0.25) is 5.91 Å². The molecule has 6 heteroatoms. The number of hydrogen-bond acceptors (Lipinski definition) is 5. The predicted molar refractivity (Wildman–Crippen MR) is 111 cm³/mol. The van der Waals surface area contributed by atoms with Gasteiger partial charge < -0.3 is 14.7 Å². The van der Waals surface area contributed by atoms with Crippen LogP contribution in [0.25, 0.3) is 11.4 Å². The maximum absolute atomic E-state index is 12.8. The number of hydrogen-bond donors (Lipinski definition) is 0. The molecule has 6 nitrogen and oxygen atoms in total. The Labute approximate surface area is 167 Å². The normalized spacial score (nSPS) is 19.1. The summed E-state index contributed by atoms with van der Waals surface area (Å²) in [7, 11) is 2.12. The molecular weight excluding hydrogens is 350 g/mol. The smallest absolute Gasteiger partial charge is 0.225 e. The fourth-order valence-corrected chi connectivity index (χ4v) is 4.01. The van der Waals surface area contributed by atoms with Gasteiger partial charge in [-0.1, -0.05) is 29.8 Å². The number of piperazine rings is 1. The molecule has 1 aromatic carbocycles. The van der Waals surface area contributed by atoms with Crippen LogP contribution in [0.3, 0.4) is 0 Å². The molecule has 3 heterocycles. The number of carbonyl (C=O) groups excluding carboxylic acids is 1. The molecule has 0 unspecified atom stereocenters. The summed E-state index contributed by atoms with van der Waals surface area (Å²) in [6, 6.07) is 10.3. The van der Waals surface area contributed by atoms with E-state index in [1.54, 1.807) is 0 Å². The molecule has 4 rings (SSSR count). The number of anilines is 1. The van der Waals surface area contributed by atoms with Gasteiger partial charge in [-0.2, -0.15) is 0 Å². The Hall–Kier alpha value is -2.47. The van der Waals surface area contributed by atoms with E-state index in [2.05, 4.69) is 57.9 Å². The molecule has 1 amide bonds. The maximum atomic E-state index is 12.8. The predicted octanol–water partition coefficient (Wildman–Crippen LogP) is 2.44. The number of nitrogens with zero attached hydrogens (tertiary/aromatic N) is 5. The van der Waals surface area contributed by atoms with Crippen LogP contribution < -0.4 is 4.90 Å². The lowest BCUT2D eigenvalue weighted by Crippen LogP contribution is -2.50. The number of carbonyl (C=O) groups is 1. The van der Waals surface area contributed by atoms with E-state index in [1.807, 2.05) is 12.3 Å². The highest BCUT2D eigenvalue weighted by Gasteiger charge is 2.30. The number of rotatable bonds is 3. The topological polar surface area (TPSA) is 52.6 Å². The van der Waals surface area contributed by atoms with Crippen LogP contribution in [0, 0.1) is 12.8 Å². The summed E-state index contributed by atoms with van der Waals surface area (Å²) in [6.45, 7) is 7.50. The van der Waals surface area contributed by atoms with E-state index in [0.29, 0.717) is 5.91 Å². The van der Waals surface area contributed by atoms with Gasteiger partial charge in [-0.3, -0.25) is 4.79 Å². The van der Waals surface area contributed by atoms with Crippen LogP contribution in [0.2, 0.25) is 0 Å². The Kier molecular flexibility index (Phi) is 5.57. The molecule has 28 heavy (non-hydrogen) atoms. The van der Waals surface area contributed by atoms with Crippen molar-refractivity contribution in [1.29, 1.82) is 0 Å². The summed E-state index contributed by atoms with van der Waals surface area (Å²) in [5.74, 6) is 2.21. The lowest BCUT2D eigenvalue weighted by molar-refractivity contribution is -0.137. The van der Waals surface area contributed by atoms with Crippen molar-refractivity contribution in [1.82, 2.24) is 19.8 Å². The van der Waals surface area contributed by atoms with E-state index in [1.165, 1.54) is 5.56 Å². The monoisotopic (exact) mass is 379 g/mol. The first-order valence-corrected chi connectivity index (χ1v) is 10.2. The quantitative estimate of drug-likeness (QED) is 0.820. The van der Waals surface area contributed by atoms with Crippen LogP contribution in [-0.4, -0.2) is 72.0 Å². The van der Waals surface area contributed by atoms with Crippen LogP contribution in [-0.2, 0) is 4.79 Å². The van der Waals surface area contributed by atoms with E-state index in [4.69, 9.17) is 4.98 Å². The van der Waals surface area contributed by atoms with Gasteiger partial charge in [-0.25, -0.2) is 9.97 Å². The van der Waals surface area contributed by atoms with Crippen LogP contribution >= 0.6 is 0 Å². The highest BCUT2D eigenvalue weighted by Crippen LogP contribution is 2.25. The lowest BCUT2D eigenvalue weighted by atomic mass is 9.95. The number of aryl methyl sites for hydroxylation is 1. The number of aromatic nitrogens is 2. The average molecular weight is 380 g/mol. The first-order chi connectivity index (χ1) is 13.6. The van der Waals surface area contributed by atoms with Crippen molar-refractivity contribution < 1.29 is 4.79 Å². The largest absolute Gasteiger partial charge is 0.356 e. The second-order valence-electron chi connectivity index (χ2n) is 7.99. The molecule has 0 bridgehead atoms. The van der Waals surface area contributed by atoms with Gasteiger partial charge in [0, 0.05) is 56.9 Å². The zero-order chi connectivity index (χ0) is 19.5. The Morgan fingerprint density at radius 2 is 1.64 bits per heavy atom. The van der Waals surface area contributed by atoms with Crippen molar-refractivity contribution in [2.45, 2.75) is 19.8 Å². The van der Waals surface area contributed by atoms with Crippen LogP contribution in [0.15, 0.2) is 36.5 Å². The molecule has 0 radical (unpaired) electrons. The fourth-order valence-electron chi connectivity index (χ4n) is 4.01. The molecule has 0 N–H and O–H groups in total. The maximum Gasteiger partial charge on any atom is 0.225 e. The average Bonchev–Trinajstić information content (AvgIpc) is 2.74. The van der Waals surface area contributed by atoms with E-state index < -0.39 is 0 Å². The van der Waals surface area contributed by atoms with Crippen LogP contribution in [0.4, 0.5) is 5.82 Å². The number of piperidine rings is 1. The molecule has 2 aliphatic rings. The Bertz CT molecular complexity index is 806. The molecule has 148 valence electrons. The first-order valence-electron chi connectivity index (χ1n) is 10.2. The van der Waals surface area contributed by atoms with Crippen molar-refractivity contribution in [3.8, 4) is 11.4 Å². The highest BCUT2D eigenvalue weighted by molar-refractivity contribution is 5.79. The van der Waals surface area contributed by atoms with Crippen LogP contribution in [0.5, 0.6) is 0 Å². The summed E-state index contributed by atoms with van der Waals surface area (Å²) < 4.78 is 0. The standard InChI is InChI=1S/C22H29N5O/c1-17-3-5-18(6-4-17)21-23-10-7-20(24-21)26-11-8-19(9-12-26)22(28)27-15-13-25(2)14-16-27/h3-7,10,19H,8-9,11-16H2,1-2H3. The van der Waals surface area contributed by atoms with E-state index >= 15 is 0 Å². The summed E-state index contributed by atoms with van der Waals surface area (Å²) in [5, 5.41) is 0. The van der Waals surface area contributed by atoms with Crippen molar-refractivity contribution in [3.05, 3.63) is 42.1 Å². The highest BCUT2D eigenvalue weighted by atomic mass is 16.2. The van der Waals surface area contributed by atoms with Crippen LogP contribution in [0.1, 0.15) is 18.4 Å². The summed E-state index contributed by atoms with van der Waals surface area (Å²) in [6.07, 6.45) is 3.63. The van der Waals surface area contributed by atoms with E-state index in [-0.39, 0.29) is 5.92 Å². The molecule has 2 saturated heterocycles. The molecule has 2 aliphatic heterocycles. The van der Waals surface area contributed by atoms with Gasteiger partial charge in [0.25, 0.3) is 0 Å². The Morgan fingerprint density at radius 3 is 2.32 bits per heavy atom. The molecule has 0 atom stereocenters. The van der Waals surface area contributed by atoms with Gasteiger partial charge in [0.1, 0.15) is 5.82 Å². The number of amides is 1. The lowest BCUT2D eigenvalue weighted by Gasteiger charge is -2.37. The van der Waals surface area contributed by atoms with Gasteiger partial charge >= 0.3 is 0 Å². The minimum atomic E-state index is 0.151. The third-order valence-corrected chi connectivity index (χ3v) is 5.93. The number of benzene rings is 1.